The minimum absolute atomic E-state index is 0.00209. The Labute approximate surface area is 161 Å². The average Bonchev–Trinajstić information content (AvgIpc) is 3.01. The molecule has 3 fully saturated rings. The first-order valence-electron chi connectivity index (χ1n) is 10.4. The van der Waals surface area contributed by atoms with E-state index < -0.39 is 0 Å². The summed E-state index contributed by atoms with van der Waals surface area (Å²) in [4.78, 5) is 15.5. The van der Waals surface area contributed by atoms with Crippen molar-refractivity contribution in [2.75, 3.05) is 36.1 Å². The summed E-state index contributed by atoms with van der Waals surface area (Å²) < 4.78 is 5.98. The predicted molar refractivity (Wildman–Crippen MR) is 109 cm³/mol. The maximum absolute atomic E-state index is 13.1. The van der Waals surface area contributed by atoms with Crippen LogP contribution in [0.4, 0.5) is 17.1 Å². The highest BCUT2D eigenvalue weighted by molar-refractivity contribution is 6.02. The number of carbonyl (C=O) groups is 1. The second-order valence-corrected chi connectivity index (χ2v) is 8.50. The zero-order valence-electron chi connectivity index (χ0n) is 16.5. The second kappa shape index (κ2) is 7.58. The van der Waals surface area contributed by atoms with E-state index in [1.54, 1.807) is 0 Å². The van der Waals surface area contributed by atoms with Crippen LogP contribution in [0.2, 0.25) is 0 Å². The number of nitrogens with zero attached hydrogens (tertiary/aromatic N) is 1. The van der Waals surface area contributed by atoms with E-state index in [1.807, 2.05) is 19.2 Å². The molecule has 1 aliphatic carbocycles. The lowest BCUT2D eigenvalue weighted by Gasteiger charge is -2.35. The Morgan fingerprint density at radius 3 is 2.41 bits per heavy atom. The maximum Gasteiger partial charge on any atom is 0.253 e. The number of hydrogen-bond acceptors (Lipinski definition) is 5. The Kier molecular flexibility index (Phi) is 5.17. The number of anilines is 3. The molecule has 2 saturated heterocycles. The van der Waals surface area contributed by atoms with E-state index in [4.69, 9.17) is 10.5 Å². The average molecular weight is 373 g/mol. The van der Waals surface area contributed by atoms with Gasteiger partial charge >= 0.3 is 0 Å². The van der Waals surface area contributed by atoms with Crippen molar-refractivity contribution in [1.29, 1.82) is 0 Å². The first kappa shape index (κ1) is 18.4. The zero-order chi connectivity index (χ0) is 19.0. The van der Waals surface area contributed by atoms with Gasteiger partial charge in [-0.2, -0.15) is 0 Å². The molecule has 4 N–H and O–H groups in total. The highest BCUT2D eigenvalue weighted by Crippen LogP contribution is 2.35. The Hall–Kier alpha value is -1.95. The Balaban J connectivity index is 1.58. The van der Waals surface area contributed by atoms with E-state index in [2.05, 4.69) is 22.5 Å². The standard InChI is InChI=1S/C21H32N4O2/c1-13-3-5-14(6-4-13)24-21(26)17-9-18(22)19(23-2)10-20(17)25-11-15-7-8-16(12-25)27-15/h9-10,13-16,23H,3-8,11-12,22H2,1-2H3,(H,24,26)/t13-,14-,15?,16?. The number of benzene rings is 1. The van der Waals surface area contributed by atoms with Crippen molar-refractivity contribution in [2.45, 2.75) is 63.7 Å². The molecule has 2 aliphatic heterocycles. The van der Waals surface area contributed by atoms with Gasteiger partial charge in [-0.15, -0.1) is 0 Å². The third-order valence-electron chi connectivity index (χ3n) is 6.42. The van der Waals surface area contributed by atoms with Gasteiger partial charge in [-0.05, 0) is 56.6 Å². The number of amides is 1. The van der Waals surface area contributed by atoms with Crippen LogP contribution >= 0.6 is 0 Å². The van der Waals surface area contributed by atoms with Gasteiger partial charge < -0.3 is 26.0 Å². The first-order chi connectivity index (χ1) is 13.0. The van der Waals surface area contributed by atoms with Crippen LogP contribution in [0, 0.1) is 5.92 Å². The number of carbonyl (C=O) groups excluding carboxylic acids is 1. The van der Waals surface area contributed by atoms with Gasteiger partial charge in [0, 0.05) is 26.2 Å². The fraction of sp³-hybridized carbons (Fsp3) is 0.667. The molecule has 2 heterocycles. The number of nitrogens with one attached hydrogen (secondary N) is 2. The molecule has 2 atom stereocenters. The molecule has 1 saturated carbocycles. The van der Waals surface area contributed by atoms with Crippen LogP contribution in [0.15, 0.2) is 12.1 Å². The smallest absolute Gasteiger partial charge is 0.253 e. The first-order valence-corrected chi connectivity index (χ1v) is 10.4. The van der Waals surface area contributed by atoms with Crippen LogP contribution in [-0.4, -0.2) is 44.3 Å². The number of nitrogen functional groups attached to an aromatic ring is 1. The van der Waals surface area contributed by atoms with E-state index in [9.17, 15) is 4.79 Å². The van der Waals surface area contributed by atoms with Gasteiger partial charge in [-0.1, -0.05) is 6.92 Å². The summed E-state index contributed by atoms with van der Waals surface area (Å²) >= 11 is 0. The van der Waals surface area contributed by atoms with Crippen LogP contribution in [-0.2, 0) is 4.74 Å². The Bertz CT molecular complexity index is 688. The molecule has 6 nitrogen and oxygen atoms in total. The van der Waals surface area contributed by atoms with Gasteiger partial charge in [0.2, 0.25) is 0 Å². The minimum atomic E-state index is -0.00209. The van der Waals surface area contributed by atoms with Crippen molar-refractivity contribution < 1.29 is 9.53 Å². The molecular formula is C21H32N4O2. The van der Waals surface area contributed by atoms with E-state index in [0.29, 0.717) is 11.3 Å². The number of ether oxygens (including phenoxy) is 1. The molecule has 1 aromatic carbocycles. The SMILES string of the molecule is CNc1cc(N2CC3CCC(C2)O3)c(C(=O)N[C@H]2CC[C@H](C)CC2)cc1N. The molecule has 0 spiro atoms. The lowest BCUT2D eigenvalue weighted by atomic mass is 9.87. The third kappa shape index (κ3) is 3.86. The van der Waals surface area contributed by atoms with Gasteiger partial charge in [0.1, 0.15) is 0 Å². The number of rotatable bonds is 4. The normalized spacial score (nSPS) is 30.2. The summed E-state index contributed by atoms with van der Waals surface area (Å²) in [7, 11) is 1.86. The van der Waals surface area contributed by atoms with Gasteiger partial charge in [0.25, 0.3) is 5.91 Å². The van der Waals surface area contributed by atoms with Crippen molar-refractivity contribution >= 4 is 23.0 Å². The second-order valence-electron chi connectivity index (χ2n) is 8.50. The van der Waals surface area contributed by atoms with Crippen LogP contribution < -0.4 is 21.3 Å². The molecule has 27 heavy (non-hydrogen) atoms. The molecule has 4 rings (SSSR count). The molecule has 148 valence electrons. The van der Waals surface area contributed by atoms with E-state index in [0.717, 1.165) is 56.1 Å². The molecule has 1 amide bonds. The van der Waals surface area contributed by atoms with Crippen LogP contribution in [0.5, 0.6) is 0 Å². The quantitative estimate of drug-likeness (QED) is 0.708. The number of hydrogen-bond donors (Lipinski definition) is 3. The molecule has 0 radical (unpaired) electrons. The predicted octanol–water partition coefficient (Wildman–Crippen LogP) is 2.99. The highest BCUT2D eigenvalue weighted by atomic mass is 16.5. The Morgan fingerprint density at radius 1 is 1.11 bits per heavy atom. The van der Waals surface area contributed by atoms with Crippen molar-refractivity contribution in [1.82, 2.24) is 5.32 Å². The molecule has 2 unspecified atom stereocenters. The van der Waals surface area contributed by atoms with Crippen molar-refractivity contribution in [3.8, 4) is 0 Å². The third-order valence-corrected chi connectivity index (χ3v) is 6.42. The summed E-state index contributed by atoms with van der Waals surface area (Å²) in [6.45, 7) is 3.97. The monoisotopic (exact) mass is 372 g/mol. The molecule has 6 heteroatoms. The summed E-state index contributed by atoms with van der Waals surface area (Å²) in [5.74, 6) is 0.765. The highest BCUT2D eigenvalue weighted by Gasteiger charge is 2.35. The minimum Gasteiger partial charge on any atom is -0.397 e. The maximum atomic E-state index is 13.1. The number of nitrogens with two attached hydrogens (primary N) is 1. The van der Waals surface area contributed by atoms with E-state index in [-0.39, 0.29) is 24.2 Å². The largest absolute Gasteiger partial charge is 0.397 e. The van der Waals surface area contributed by atoms with Gasteiger partial charge in [-0.25, -0.2) is 0 Å². The topological polar surface area (TPSA) is 79.6 Å². The molecule has 1 aromatic rings. The van der Waals surface area contributed by atoms with Crippen molar-refractivity contribution in [3.05, 3.63) is 17.7 Å². The van der Waals surface area contributed by atoms with Gasteiger partial charge in [-0.3, -0.25) is 4.79 Å². The number of fused-ring (bicyclic) bond motifs is 2. The molecule has 2 bridgehead atoms. The fourth-order valence-corrected chi connectivity index (χ4v) is 4.74. The summed E-state index contributed by atoms with van der Waals surface area (Å²) in [5.41, 5.74) is 9.33. The van der Waals surface area contributed by atoms with E-state index >= 15 is 0 Å². The van der Waals surface area contributed by atoms with Crippen LogP contribution in [0.25, 0.3) is 0 Å². The molecule has 3 aliphatic rings. The lowest BCUT2D eigenvalue weighted by molar-refractivity contribution is 0.0304. The van der Waals surface area contributed by atoms with Crippen molar-refractivity contribution in [2.24, 2.45) is 5.92 Å². The zero-order valence-corrected chi connectivity index (χ0v) is 16.5. The summed E-state index contributed by atoms with van der Waals surface area (Å²) in [6, 6.07) is 4.13. The molecular weight excluding hydrogens is 340 g/mol. The summed E-state index contributed by atoms with van der Waals surface area (Å²) in [6.07, 6.45) is 7.26. The fourth-order valence-electron chi connectivity index (χ4n) is 4.74. The van der Waals surface area contributed by atoms with Crippen molar-refractivity contribution in [3.63, 3.8) is 0 Å². The summed E-state index contributed by atoms with van der Waals surface area (Å²) in [5, 5.41) is 6.42. The molecule has 0 aromatic heterocycles. The lowest BCUT2D eigenvalue weighted by Crippen LogP contribution is -2.44. The Morgan fingerprint density at radius 2 is 1.78 bits per heavy atom. The van der Waals surface area contributed by atoms with Crippen LogP contribution in [0.3, 0.4) is 0 Å². The van der Waals surface area contributed by atoms with E-state index in [1.165, 1.54) is 12.8 Å². The number of morpholine rings is 1. The van der Waals surface area contributed by atoms with Gasteiger partial charge in [0.15, 0.2) is 0 Å². The van der Waals surface area contributed by atoms with Crippen LogP contribution in [0.1, 0.15) is 55.8 Å². The van der Waals surface area contributed by atoms with Gasteiger partial charge in [0.05, 0.1) is 34.8 Å².